The van der Waals surface area contributed by atoms with Crippen molar-refractivity contribution in [1.82, 2.24) is 9.71 Å². The molecule has 7 heteroatoms. The number of ether oxygens (including phenoxy) is 1. The van der Waals surface area contributed by atoms with Crippen molar-refractivity contribution in [2.24, 2.45) is 0 Å². The zero-order valence-corrected chi connectivity index (χ0v) is 17.2. The third-order valence-electron chi connectivity index (χ3n) is 4.55. The van der Waals surface area contributed by atoms with Gasteiger partial charge in [-0.15, -0.1) is 0 Å². The first-order chi connectivity index (χ1) is 13.8. The molecule has 29 heavy (non-hydrogen) atoms. The van der Waals surface area contributed by atoms with E-state index in [9.17, 15) is 8.42 Å². The predicted molar refractivity (Wildman–Crippen MR) is 111 cm³/mol. The van der Waals surface area contributed by atoms with Gasteiger partial charge in [0, 0.05) is 17.8 Å². The lowest BCUT2D eigenvalue weighted by Gasteiger charge is -2.15. The summed E-state index contributed by atoms with van der Waals surface area (Å²) in [7, 11) is -2.17. The van der Waals surface area contributed by atoms with Crippen molar-refractivity contribution in [2.75, 3.05) is 7.11 Å². The average Bonchev–Trinajstić information content (AvgIpc) is 2.72. The average molecular weight is 407 g/mol. The Kier molecular flexibility index (Phi) is 5.97. The van der Waals surface area contributed by atoms with Gasteiger partial charge < -0.3 is 4.74 Å². The molecule has 0 amide bonds. The Morgan fingerprint density at radius 1 is 1.10 bits per heavy atom. The molecule has 0 radical (unpaired) electrons. The summed E-state index contributed by atoms with van der Waals surface area (Å²) in [5.41, 5.74) is 4.47. The van der Waals surface area contributed by atoms with Crippen LogP contribution < -0.4 is 9.46 Å². The van der Waals surface area contributed by atoms with Gasteiger partial charge in [-0.25, -0.2) is 13.1 Å². The van der Waals surface area contributed by atoms with E-state index in [1.54, 1.807) is 19.2 Å². The Morgan fingerprint density at radius 3 is 2.48 bits per heavy atom. The molecule has 3 aromatic rings. The molecule has 0 aliphatic carbocycles. The highest BCUT2D eigenvalue weighted by Gasteiger charge is 2.18. The molecule has 2 aromatic carbocycles. The highest BCUT2D eigenvalue weighted by atomic mass is 32.2. The largest absolute Gasteiger partial charge is 0.497 e. The number of nitrogens with one attached hydrogen (secondary N) is 1. The van der Waals surface area contributed by atoms with E-state index >= 15 is 0 Å². The third kappa shape index (κ3) is 4.62. The first kappa shape index (κ1) is 20.5. The molecule has 0 saturated heterocycles. The molecule has 1 N–H and O–H groups in total. The van der Waals surface area contributed by atoms with Gasteiger partial charge in [-0.05, 0) is 73.5 Å². The molecule has 1 heterocycles. The molecule has 6 nitrogen and oxygen atoms in total. The molecule has 0 spiro atoms. The Morgan fingerprint density at radius 2 is 1.83 bits per heavy atom. The zero-order valence-electron chi connectivity index (χ0n) is 16.4. The van der Waals surface area contributed by atoms with E-state index in [4.69, 9.17) is 10.00 Å². The summed E-state index contributed by atoms with van der Waals surface area (Å²) in [6, 6.07) is 17.3. The summed E-state index contributed by atoms with van der Waals surface area (Å²) in [5, 5.41) is 9.02. The van der Waals surface area contributed by atoms with Crippen molar-refractivity contribution in [2.45, 2.75) is 25.3 Å². The van der Waals surface area contributed by atoms with E-state index in [1.807, 2.05) is 50.2 Å². The Labute approximate surface area is 170 Å². The minimum Gasteiger partial charge on any atom is -0.497 e. The molecular weight excluding hydrogens is 386 g/mol. The van der Waals surface area contributed by atoms with Gasteiger partial charge in [-0.1, -0.05) is 6.07 Å². The van der Waals surface area contributed by atoms with Gasteiger partial charge in [0.2, 0.25) is 10.0 Å². The number of pyridine rings is 1. The molecule has 0 aliphatic heterocycles. The minimum atomic E-state index is -3.78. The number of aromatic nitrogens is 1. The SMILES string of the molecule is COc1ccc(-c2nc(C)cc(C)c2CNS(=O)(=O)c2cccc(C#N)c2)cc1. The molecule has 0 atom stereocenters. The van der Waals surface area contributed by atoms with E-state index in [0.29, 0.717) is 5.56 Å². The van der Waals surface area contributed by atoms with Crippen LogP contribution in [-0.4, -0.2) is 20.5 Å². The van der Waals surface area contributed by atoms with Crippen LogP contribution in [0, 0.1) is 25.2 Å². The van der Waals surface area contributed by atoms with Gasteiger partial charge in [0.25, 0.3) is 0 Å². The minimum absolute atomic E-state index is 0.0558. The second-order valence-corrected chi connectivity index (χ2v) is 8.37. The van der Waals surface area contributed by atoms with Crippen LogP contribution in [0.25, 0.3) is 11.3 Å². The van der Waals surface area contributed by atoms with Crippen LogP contribution in [0.15, 0.2) is 59.5 Å². The number of hydrogen-bond donors (Lipinski definition) is 1. The van der Waals surface area contributed by atoms with Crippen LogP contribution in [0.5, 0.6) is 5.75 Å². The van der Waals surface area contributed by atoms with Crippen LogP contribution in [0.3, 0.4) is 0 Å². The first-order valence-electron chi connectivity index (χ1n) is 8.95. The van der Waals surface area contributed by atoms with Crippen LogP contribution in [0.4, 0.5) is 0 Å². The van der Waals surface area contributed by atoms with E-state index < -0.39 is 10.0 Å². The molecule has 0 fully saturated rings. The molecule has 0 saturated carbocycles. The number of nitriles is 1. The van der Waals surface area contributed by atoms with Crippen LogP contribution in [0.2, 0.25) is 0 Å². The van der Waals surface area contributed by atoms with Crippen molar-refractivity contribution in [3.8, 4) is 23.1 Å². The van der Waals surface area contributed by atoms with Gasteiger partial charge in [0.05, 0.1) is 29.3 Å². The van der Waals surface area contributed by atoms with Gasteiger partial charge in [-0.3, -0.25) is 4.98 Å². The molecule has 0 unspecified atom stereocenters. The van der Waals surface area contributed by atoms with Crippen molar-refractivity contribution >= 4 is 10.0 Å². The summed E-state index contributed by atoms with van der Waals surface area (Å²) in [6.45, 7) is 3.92. The lowest BCUT2D eigenvalue weighted by atomic mass is 10.0. The molecule has 1 aromatic heterocycles. The van der Waals surface area contributed by atoms with Gasteiger partial charge in [-0.2, -0.15) is 5.26 Å². The maximum absolute atomic E-state index is 12.7. The lowest BCUT2D eigenvalue weighted by molar-refractivity contribution is 0.415. The van der Waals surface area contributed by atoms with Gasteiger partial charge in [0.1, 0.15) is 5.75 Å². The summed E-state index contributed by atoms with van der Waals surface area (Å²) in [6.07, 6.45) is 0. The third-order valence-corrected chi connectivity index (χ3v) is 5.95. The fourth-order valence-electron chi connectivity index (χ4n) is 3.06. The van der Waals surface area contributed by atoms with E-state index in [0.717, 1.165) is 33.8 Å². The molecule has 0 aliphatic rings. The predicted octanol–water partition coefficient (Wildman–Crippen LogP) is 3.72. The fourth-order valence-corrected chi connectivity index (χ4v) is 4.10. The monoisotopic (exact) mass is 407 g/mol. The van der Waals surface area contributed by atoms with E-state index in [1.165, 1.54) is 12.1 Å². The number of nitrogens with zero attached hydrogens (tertiary/aromatic N) is 2. The number of benzene rings is 2. The Hall–Kier alpha value is -3.21. The smallest absolute Gasteiger partial charge is 0.240 e. The number of methoxy groups -OCH3 is 1. The summed E-state index contributed by atoms with van der Waals surface area (Å²) >= 11 is 0. The summed E-state index contributed by atoms with van der Waals surface area (Å²) in [5.74, 6) is 0.734. The van der Waals surface area contributed by atoms with Crippen LogP contribution in [0.1, 0.15) is 22.4 Å². The Bertz CT molecular complexity index is 1180. The standard InChI is InChI=1S/C22H21N3O3S/c1-15-11-16(2)25-22(18-7-9-19(28-3)10-8-18)21(15)14-24-29(26,27)20-6-4-5-17(12-20)13-23/h4-12,24H,14H2,1-3H3. The van der Waals surface area contributed by atoms with Gasteiger partial charge >= 0.3 is 0 Å². The van der Waals surface area contributed by atoms with Crippen molar-refractivity contribution in [3.63, 3.8) is 0 Å². The molecule has 3 rings (SSSR count). The number of rotatable bonds is 6. The summed E-state index contributed by atoms with van der Waals surface area (Å²) < 4.78 is 33.3. The van der Waals surface area contributed by atoms with E-state index in [2.05, 4.69) is 9.71 Å². The molecule has 148 valence electrons. The zero-order chi connectivity index (χ0) is 21.0. The first-order valence-corrected chi connectivity index (χ1v) is 10.4. The summed E-state index contributed by atoms with van der Waals surface area (Å²) in [4.78, 5) is 4.70. The maximum Gasteiger partial charge on any atom is 0.240 e. The number of hydrogen-bond acceptors (Lipinski definition) is 5. The highest BCUT2D eigenvalue weighted by molar-refractivity contribution is 7.89. The molecular formula is C22H21N3O3S. The lowest BCUT2D eigenvalue weighted by Crippen LogP contribution is -2.24. The second kappa shape index (κ2) is 8.43. The topological polar surface area (TPSA) is 92.1 Å². The van der Waals surface area contributed by atoms with Crippen molar-refractivity contribution < 1.29 is 13.2 Å². The van der Waals surface area contributed by atoms with Gasteiger partial charge in [0.15, 0.2) is 0 Å². The molecule has 0 bridgehead atoms. The maximum atomic E-state index is 12.7. The van der Waals surface area contributed by atoms with Crippen molar-refractivity contribution in [3.05, 3.63) is 77.0 Å². The number of aryl methyl sites for hydroxylation is 2. The van der Waals surface area contributed by atoms with Crippen LogP contribution in [-0.2, 0) is 16.6 Å². The number of sulfonamides is 1. The fraction of sp³-hybridized carbons (Fsp3) is 0.182. The normalized spacial score (nSPS) is 11.1. The van der Waals surface area contributed by atoms with Crippen molar-refractivity contribution in [1.29, 1.82) is 5.26 Å². The second-order valence-electron chi connectivity index (χ2n) is 6.60. The van der Waals surface area contributed by atoms with E-state index in [-0.39, 0.29) is 11.4 Å². The van der Waals surface area contributed by atoms with Crippen LogP contribution >= 0.6 is 0 Å². The Balaban J connectivity index is 1.95. The quantitative estimate of drug-likeness (QED) is 0.672. The highest BCUT2D eigenvalue weighted by Crippen LogP contribution is 2.27.